The van der Waals surface area contributed by atoms with Crippen LogP contribution in [0.3, 0.4) is 0 Å². The maximum atomic E-state index is 12.1. The number of carboxylic acid groups (broad SMARTS) is 1. The summed E-state index contributed by atoms with van der Waals surface area (Å²) in [5, 5.41) is 9.53. The van der Waals surface area contributed by atoms with Crippen LogP contribution in [0.25, 0.3) is 0 Å². The number of hydrogen-bond donors (Lipinski definition) is 4. The van der Waals surface area contributed by atoms with Crippen molar-refractivity contribution in [3.8, 4) is 0 Å². The topological polar surface area (TPSA) is 153 Å². The molecule has 0 saturated carbocycles. The summed E-state index contributed by atoms with van der Waals surface area (Å²) in [6, 6.07) is 5.56. The van der Waals surface area contributed by atoms with E-state index in [2.05, 4.69) is 0 Å². The van der Waals surface area contributed by atoms with Gasteiger partial charge in [-0.2, -0.15) is 0 Å². The highest BCUT2D eigenvalue weighted by atomic mass is 16.4. The highest BCUT2D eigenvalue weighted by Gasteiger charge is 2.38. The van der Waals surface area contributed by atoms with Gasteiger partial charge < -0.3 is 22.3 Å². The zero-order chi connectivity index (χ0) is 20.8. The summed E-state index contributed by atoms with van der Waals surface area (Å²) in [5.74, 6) is -2.66. The Balaban J connectivity index is 3.45. The molecule has 0 aliphatic carbocycles. The highest BCUT2D eigenvalue weighted by molar-refractivity contribution is 5.86. The van der Waals surface area contributed by atoms with Gasteiger partial charge in [0.1, 0.15) is 6.04 Å². The lowest BCUT2D eigenvalue weighted by Crippen LogP contribution is -2.54. The van der Waals surface area contributed by atoms with Gasteiger partial charge in [0, 0.05) is 6.54 Å². The van der Waals surface area contributed by atoms with Gasteiger partial charge in [0.2, 0.25) is 11.8 Å². The van der Waals surface area contributed by atoms with Crippen molar-refractivity contribution >= 4 is 17.8 Å². The van der Waals surface area contributed by atoms with E-state index >= 15 is 0 Å². The number of benzene rings is 1. The maximum Gasteiger partial charge on any atom is 0.322 e. The van der Waals surface area contributed by atoms with Crippen LogP contribution in [0.15, 0.2) is 30.3 Å². The lowest BCUT2D eigenvalue weighted by molar-refractivity contribution is -0.142. The summed E-state index contributed by atoms with van der Waals surface area (Å²) in [5.41, 5.74) is 17.4. The maximum absolute atomic E-state index is 12.1. The minimum absolute atomic E-state index is 0.0955. The second-order valence-electron chi connectivity index (χ2n) is 7.86. The fourth-order valence-corrected chi connectivity index (χ4v) is 2.92. The average Bonchev–Trinajstić information content (AvgIpc) is 2.55. The average molecular weight is 378 g/mol. The van der Waals surface area contributed by atoms with Crippen LogP contribution in [-0.2, 0) is 14.4 Å². The van der Waals surface area contributed by atoms with Gasteiger partial charge in [0.05, 0.1) is 18.5 Å². The molecule has 1 unspecified atom stereocenters. The number of carbonyl (C=O) groups is 3. The molecule has 0 radical (unpaired) electrons. The molecule has 7 N–H and O–H groups in total. The van der Waals surface area contributed by atoms with Crippen LogP contribution < -0.4 is 17.2 Å². The Hall–Kier alpha value is -2.45. The Morgan fingerprint density at radius 3 is 2.07 bits per heavy atom. The van der Waals surface area contributed by atoms with Gasteiger partial charge in [-0.3, -0.25) is 19.3 Å². The first-order valence-electron chi connectivity index (χ1n) is 8.80. The normalized spacial score (nSPS) is 15.1. The zero-order valence-corrected chi connectivity index (χ0v) is 16.1. The third kappa shape index (κ3) is 6.99. The minimum Gasteiger partial charge on any atom is -0.480 e. The molecule has 0 bridgehead atoms. The van der Waals surface area contributed by atoms with Crippen molar-refractivity contribution in [2.75, 3.05) is 6.54 Å². The van der Waals surface area contributed by atoms with Crippen LogP contribution in [0, 0.1) is 5.41 Å². The van der Waals surface area contributed by atoms with Crippen molar-refractivity contribution in [2.45, 2.75) is 51.7 Å². The molecule has 2 amide bonds. The van der Waals surface area contributed by atoms with E-state index in [9.17, 15) is 19.5 Å². The van der Waals surface area contributed by atoms with Crippen molar-refractivity contribution < 1.29 is 19.5 Å². The monoisotopic (exact) mass is 378 g/mol. The van der Waals surface area contributed by atoms with Crippen molar-refractivity contribution in [3.05, 3.63) is 35.9 Å². The first kappa shape index (κ1) is 22.6. The fraction of sp³-hybridized carbons (Fsp3) is 0.526. The summed E-state index contributed by atoms with van der Waals surface area (Å²) in [4.78, 5) is 36.9. The van der Waals surface area contributed by atoms with E-state index in [0.717, 1.165) is 0 Å². The first-order chi connectivity index (χ1) is 12.4. The van der Waals surface area contributed by atoms with Crippen LogP contribution in [0.4, 0.5) is 0 Å². The Morgan fingerprint density at radius 2 is 1.67 bits per heavy atom. The number of carbonyl (C=O) groups excluding carboxylic acids is 2. The van der Waals surface area contributed by atoms with Gasteiger partial charge in [-0.15, -0.1) is 0 Å². The molecule has 8 nitrogen and oxygen atoms in total. The van der Waals surface area contributed by atoms with E-state index in [4.69, 9.17) is 17.2 Å². The molecule has 0 aromatic heterocycles. The number of amides is 2. The fourth-order valence-electron chi connectivity index (χ4n) is 2.92. The zero-order valence-electron chi connectivity index (χ0n) is 16.1. The smallest absolute Gasteiger partial charge is 0.322 e. The van der Waals surface area contributed by atoms with Gasteiger partial charge in [-0.05, 0) is 17.4 Å². The van der Waals surface area contributed by atoms with E-state index in [1.165, 1.54) is 0 Å². The molecule has 27 heavy (non-hydrogen) atoms. The number of aliphatic carboxylic acids is 1. The lowest BCUT2D eigenvalue weighted by atomic mass is 9.89. The van der Waals surface area contributed by atoms with E-state index < -0.39 is 35.9 Å². The van der Waals surface area contributed by atoms with Gasteiger partial charge in [0.25, 0.3) is 0 Å². The molecule has 8 heteroatoms. The summed E-state index contributed by atoms with van der Waals surface area (Å²) >= 11 is 0. The van der Waals surface area contributed by atoms with Crippen molar-refractivity contribution in [1.29, 1.82) is 0 Å². The molecule has 0 fully saturated rings. The molecule has 0 spiro atoms. The summed E-state index contributed by atoms with van der Waals surface area (Å²) in [6.07, 6.45) is 0.320. The molecular formula is C19H30N4O4. The van der Waals surface area contributed by atoms with Crippen LogP contribution in [0.1, 0.15) is 45.2 Å². The van der Waals surface area contributed by atoms with Crippen molar-refractivity contribution in [2.24, 2.45) is 22.6 Å². The SMILES string of the molecule is CC(C)(C)CCN(C(c1ccccc1)[C@H](N)C(=O)O)[C@@H](CC(N)=O)C(N)=O. The second kappa shape index (κ2) is 9.48. The number of primary amides is 2. The molecule has 1 aromatic rings. The molecule has 150 valence electrons. The van der Waals surface area contributed by atoms with Gasteiger partial charge >= 0.3 is 5.97 Å². The summed E-state index contributed by atoms with van der Waals surface area (Å²) in [7, 11) is 0. The predicted molar refractivity (Wildman–Crippen MR) is 102 cm³/mol. The van der Waals surface area contributed by atoms with Crippen LogP contribution >= 0.6 is 0 Å². The van der Waals surface area contributed by atoms with Crippen molar-refractivity contribution in [3.63, 3.8) is 0 Å². The third-order valence-electron chi connectivity index (χ3n) is 4.37. The molecule has 3 atom stereocenters. The molecular weight excluding hydrogens is 348 g/mol. The number of rotatable bonds is 10. The standard InChI is InChI=1S/C19H30N4O4/c1-19(2,3)9-10-23(13(17(22)25)11-14(20)24)16(15(21)18(26)27)12-7-5-4-6-8-12/h4-8,13,15-16H,9-11,21H2,1-3H3,(H2,20,24)(H2,22,25)(H,26,27)/t13-,15-,16?/m0/s1. The minimum atomic E-state index is -1.32. The number of carboxylic acids is 1. The molecule has 0 aliphatic heterocycles. The lowest BCUT2D eigenvalue weighted by Gasteiger charge is -2.39. The van der Waals surface area contributed by atoms with Crippen molar-refractivity contribution in [1.82, 2.24) is 4.90 Å². The number of nitrogens with zero attached hydrogens (tertiary/aromatic N) is 1. The largest absolute Gasteiger partial charge is 0.480 e. The predicted octanol–water partition coefficient (Wildman–Crippen LogP) is 0.607. The highest BCUT2D eigenvalue weighted by Crippen LogP contribution is 2.30. The Bertz CT molecular complexity index is 657. The Morgan fingerprint density at radius 1 is 1.11 bits per heavy atom. The number of hydrogen-bond acceptors (Lipinski definition) is 5. The summed E-state index contributed by atoms with van der Waals surface area (Å²) < 4.78 is 0. The molecule has 1 aromatic carbocycles. The quantitative estimate of drug-likeness (QED) is 0.468. The third-order valence-corrected chi connectivity index (χ3v) is 4.37. The van der Waals surface area contributed by atoms with Crippen LogP contribution in [-0.4, -0.2) is 46.4 Å². The van der Waals surface area contributed by atoms with Gasteiger partial charge in [-0.25, -0.2) is 0 Å². The molecule has 0 heterocycles. The summed E-state index contributed by atoms with van der Waals surface area (Å²) in [6.45, 7) is 6.39. The Kier molecular flexibility index (Phi) is 7.93. The van der Waals surface area contributed by atoms with E-state index in [1.54, 1.807) is 35.2 Å². The molecule has 0 saturated heterocycles. The van der Waals surface area contributed by atoms with E-state index in [0.29, 0.717) is 18.5 Å². The first-order valence-corrected chi connectivity index (χ1v) is 8.80. The van der Waals surface area contributed by atoms with E-state index in [-0.39, 0.29) is 11.8 Å². The Labute approximate surface area is 159 Å². The number of nitrogens with two attached hydrogens (primary N) is 3. The van der Waals surface area contributed by atoms with Gasteiger partial charge in [-0.1, -0.05) is 51.1 Å². The van der Waals surface area contributed by atoms with Gasteiger partial charge in [0.15, 0.2) is 0 Å². The van der Waals surface area contributed by atoms with Crippen LogP contribution in [0.5, 0.6) is 0 Å². The molecule has 1 rings (SSSR count). The molecule has 0 aliphatic rings. The van der Waals surface area contributed by atoms with E-state index in [1.807, 2.05) is 20.8 Å². The second-order valence-corrected chi connectivity index (χ2v) is 7.86. The van der Waals surface area contributed by atoms with Crippen LogP contribution in [0.2, 0.25) is 0 Å².